The molecule has 0 aliphatic heterocycles. The lowest BCUT2D eigenvalue weighted by Gasteiger charge is -2.31. The number of tetrazole rings is 1. The van der Waals surface area contributed by atoms with Crippen LogP contribution in [0.2, 0.25) is 0 Å². The third kappa shape index (κ3) is 6.64. The first-order valence-corrected chi connectivity index (χ1v) is 12.4. The summed E-state index contributed by atoms with van der Waals surface area (Å²) < 4.78 is 13.3. The maximum atomic E-state index is 13.9. The van der Waals surface area contributed by atoms with E-state index in [1.807, 2.05) is 25.1 Å². The third-order valence-corrected chi connectivity index (χ3v) is 5.93. The van der Waals surface area contributed by atoms with Gasteiger partial charge in [-0.15, -0.1) is 10.2 Å². The van der Waals surface area contributed by atoms with Crippen LogP contribution in [0.25, 0.3) is 11.4 Å². The van der Waals surface area contributed by atoms with E-state index in [1.165, 1.54) is 21.8 Å². The Morgan fingerprint density at radius 3 is 2.47 bits per heavy atom. The second-order valence-corrected chi connectivity index (χ2v) is 9.41. The summed E-state index contributed by atoms with van der Waals surface area (Å²) in [5.74, 6) is -0.404. The molecule has 0 saturated carbocycles. The van der Waals surface area contributed by atoms with Gasteiger partial charge in [0.1, 0.15) is 18.4 Å². The Bertz CT molecular complexity index is 1370. The van der Waals surface area contributed by atoms with Gasteiger partial charge in [0, 0.05) is 30.2 Å². The summed E-state index contributed by atoms with van der Waals surface area (Å²) in [5.41, 5.74) is 2.69. The fraction of sp³-hybridized carbons (Fsp3) is 0.286. The Hall–Kier alpha value is -4.47. The highest BCUT2D eigenvalue weighted by molar-refractivity contribution is 6.01. The zero-order valence-corrected chi connectivity index (χ0v) is 21.6. The summed E-state index contributed by atoms with van der Waals surface area (Å²) in [4.78, 5) is 34.2. The van der Waals surface area contributed by atoms with Crippen molar-refractivity contribution < 1.29 is 14.0 Å². The molecule has 0 radical (unpaired) electrons. The molecule has 0 spiro atoms. The van der Waals surface area contributed by atoms with Crippen molar-refractivity contribution in [3.63, 3.8) is 0 Å². The molecular weight excluding hydrogens is 485 g/mol. The van der Waals surface area contributed by atoms with Crippen molar-refractivity contribution in [3.05, 3.63) is 90.0 Å². The maximum Gasteiger partial charge on any atom is 0.251 e. The van der Waals surface area contributed by atoms with Crippen molar-refractivity contribution in [1.29, 1.82) is 0 Å². The number of halogens is 1. The van der Waals surface area contributed by atoms with Crippen LogP contribution in [0, 0.1) is 18.7 Å². The predicted octanol–water partition coefficient (Wildman–Crippen LogP) is 4.12. The van der Waals surface area contributed by atoms with Crippen molar-refractivity contribution in [2.24, 2.45) is 5.92 Å². The molecule has 2 aromatic heterocycles. The first-order chi connectivity index (χ1) is 18.3. The van der Waals surface area contributed by atoms with Crippen LogP contribution in [0.3, 0.4) is 0 Å². The van der Waals surface area contributed by atoms with Crippen LogP contribution >= 0.6 is 0 Å². The minimum absolute atomic E-state index is 0.261. The van der Waals surface area contributed by atoms with E-state index in [2.05, 4.69) is 39.6 Å². The van der Waals surface area contributed by atoms with E-state index in [9.17, 15) is 14.0 Å². The highest BCUT2D eigenvalue weighted by Crippen LogP contribution is 2.29. The van der Waals surface area contributed by atoms with Crippen LogP contribution in [-0.2, 0) is 16.1 Å². The van der Waals surface area contributed by atoms with Crippen LogP contribution < -0.4 is 10.2 Å². The number of rotatable bonds is 10. The Balaban J connectivity index is 1.68. The average molecular weight is 516 g/mol. The zero-order valence-electron chi connectivity index (χ0n) is 21.6. The Kier molecular flexibility index (Phi) is 8.52. The topological polar surface area (TPSA) is 106 Å². The van der Waals surface area contributed by atoms with Gasteiger partial charge in [0.25, 0.3) is 5.91 Å². The van der Waals surface area contributed by atoms with Crippen molar-refractivity contribution in [2.45, 2.75) is 39.8 Å². The fourth-order valence-corrected chi connectivity index (χ4v) is 3.98. The number of carbonyl (C=O) groups excluding carboxylic acids is 2. The number of hydrogen-bond donors (Lipinski definition) is 1. The Morgan fingerprint density at radius 1 is 1.05 bits per heavy atom. The lowest BCUT2D eigenvalue weighted by Crippen LogP contribution is -2.45. The van der Waals surface area contributed by atoms with Gasteiger partial charge in [0.15, 0.2) is 0 Å². The lowest BCUT2D eigenvalue weighted by molar-refractivity contribution is -0.127. The van der Waals surface area contributed by atoms with Gasteiger partial charge in [-0.25, -0.2) is 4.39 Å². The van der Waals surface area contributed by atoms with Crippen LogP contribution in [0.4, 0.5) is 10.1 Å². The maximum absolute atomic E-state index is 13.9. The van der Waals surface area contributed by atoms with Crippen molar-refractivity contribution >= 4 is 17.5 Å². The van der Waals surface area contributed by atoms with Crippen molar-refractivity contribution in [2.75, 3.05) is 11.4 Å². The van der Waals surface area contributed by atoms with Crippen LogP contribution in [0.1, 0.15) is 37.4 Å². The number of nitrogens with one attached hydrogen (secondary N) is 1. The number of pyridine rings is 1. The van der Waals surface area contributed by atoms with Gasteiger partial charge < -0.3 is 5.32 Å². The number of amides is 2. The molecule has 2 heterocycles. The molecule has 0 aliphatic carbocycles. The lowest BCUT2D eigenvalue weighted by atomic mass is 10.0. The monoisotopic (exact) mass is 515 g/mol. The molecule has 10 heteroatoms. The molecule has 38 heavy (non-hydrogen) atoms. The number of anilines is 1. The largest absolute Gasteiger partial charge is 0.354 e. The summed E-state index contributed by atoms with van der Waals surface area (Å²) in [7, 11) is 0. The first kappa shape index (κ1) is 26.6. The smallest absolute Gasteiger partial charge is 0.251 e. The van der Waals surface area contributed by atoms with E-state index < -0.39 is 11.9 Å². The molecule has 196 valence electrons. The molecule has 1 atom stereocenters. The predicted molar refractivity (Wildman–Crippen MR) is 141 cm³/mol. The Morgan fingerprint density at radius 2 is 1.79 bits per heavy atom. The fourth-order valence-electron chi connectivity index (χ4n) is 3.98. The van der Waals surface area contributed by atoms with E-state index >= 15 is 0 Å². The van der Waals surface area contributed by atoms with Gasteiger partial charge in [-0.2, -0.15) is 4.80 Å². The van der Waals surface area contributed by atoms with E-state index in [4.69, 9.17) is 0 Å². The van der Waals surface area contributed by atoms with Crippen molar-refractivity contribution in [1.82, 2.24) is 30.5 Å². The average Bonchev–Trinajstić information content (AvgIpc) is 3.36. The standard InChI is InChI=1S/C28H30FN7O2/c1-19(2)11-16-31-28(38)26(21-12-14-30-15-13-21)36(24-6-4-5-20(3)17-24)25(37)18-35-33-27(32-34-35)22-7-9-23(29)10-8-22/h4-10,12-15,17,19,26H,11,16,18H2,1-3H3,(H,31,38)/t26-/m1/s1. The summed E-state index contributed by atoms with van der Waals surface area (Å²) in [5, 5.41) is 15.3. The number of hydrogen-bond acceptors (Lipinski definition) is 6. The van der Waals surface area contributed by atoms with Crippen LogP contribution in [0.15, 0.2) is 73.1 Å². The second-order valence-electron chi connectivity index (χ2n) is 9.41. The van der Waals surface area contributed by atoms with E-state index in [-0.39, 0.29) is 24.1 Å². The number of aromatic nitrogens is 5. The van der Waals surface area contributed by atoms with Gasteiger partial charge in [-0.3, -0.25) is 19.5 Å². The molecule has 2 amide bonds. The molecule has 0 fully saturated rings. The van der Waals surface area contributed by atoms with E-state index in [0.29, 0.717) is 29.3 Å². The van der Waals surface area contributed by atoms with Crippen LogP contribution in [-0.4, -0.2) is 43.6 Å². The summed E-state index contributed by atoms with van der Waals surface area (Å²) >= 11 is 0. The van der Waals surface area contributed by atoms with E-state index in [1.54, 1.807) is 42.7 Å². The van der Waals surface area contributed by atoms with Gasteiger partial charge in [0.05, 0.1) is 0 Å². The minimum atomic E-state index is -0.945. The molecule has 9 nitrogen and oxygen atoms in total. The summed E-state index contributed by atoms with van der Waals surface area (Å²) in [6, 6.07) is 15.6. The SMILES string of the molecule is Cc1cccc(N(C(=O)Cn2nnc(-c3ccc(F)cc3)n2)[C@@H](C(=O)NCCC(C)C)c2ccncc2)c1. The quantitative estimate of drug-likeness (QED) is 0.341. The third-order valence-electron chi connectivity index (χ3n) is 5.93. The molecule has 0 unspecified atom stereocenters. The van der Waals surface area contributed by atoms with Crippen LogP contribution in [0.5, 0.6) is 0 Å². The normalized spacial score (nSPS) is 11.8. The first-order valence-electron chi connectivity index (χ1n) is 12.4. The number of benzene rings is 2. The Labute approximate surface area is 220 Å². The molecule has 4 aromatic rings. The van der Waals surface area contributed by atoms with Crippen molar-refractivity contribution in [3.8, 4) is 11.4 Å². The summed E-state index contributed by atoms with van der Waals surface area (Å²) in [6.07, 6.45) is 4.00. The highest BCUT2D eigenvalue weighted by atomic mass is 19.1. The molecule has 0 aliphatic rings. The van der Waals surface area contributed by atoms with Gasteiger partial charge in [0.2, 0.25) is 11.7 Å². The minimum Gasteiger partial charge on any atom is -0.354 e. The molecule has 0 bridgehead atoms. The van der Waals surface area contributed by atoms with Gasteiger partial charge in [-0.1, -0.05) is 26.0 Å². The molecule has 1 N–H and O–H groups in total. The summed E-state index contributed by atoms with van der Waals surface area (Å²) in [6.45, 7) is 6.31. The molecular formula is C28H30FN7O2. The van der Waals surface area contributed by atoms with Gasteiger partial charge >= 0.3 is 0 Å². The molecule has 0 saturated heterocycles. The molecule has 2 aromatic carbocycles. The number of carbonyl (C=O) groups is 2. The van der Waals surface area contributed by atoms with Gasteiger partial charge in [-0.05, 0) is 84.1 Å². The highest BCUT2D eigenvalue weighted by Gasteiger charge is 2.33. The number of aryl methyl sites for hydroxylation is 1. The number of nitrogens with zero attached hydrogens (tertiary/aromatic N) is 6. The molecule has 4 rings (SSSR count). The second kappa shape index (κ2) is 12.2. The van der Waals surface area contributed by atoms with E-state index in [0.717, 1.165) is 12.0 Å². The zero-order chi connectivity index (χ0) is 27.1.